The molecule has 0 aliphatic carbocycles. The minimum atomic E-state index is 0.423. The summed E-state index contributed by atoms with van der Waals surface area (Å²) >= 11 is 0. The average Bonchev–Trinajstić information content (AvgIpc) is 2.71. The van der Waals surface area contributed by atoms with Crippen molar-refractivity contribution < 1.29 is 0 Å². The normalized spacial score (nSPS) is 14.9. The zero-order valence-corrected chi connectivity index (χ0v) is 11.8. The largest absolute Gasteiger partial charge is 0.324 e. The van der Waals surface area contributed by atoms with Crippen molar-refractivity contribution in [2.45, 2.75) is 46.2 Å². The molecule has 0 spiro atoms. The molecule has 0 saturated carbocycles. The van der Waals surface area contributed by atoms with Gasteiger partial charge < -0.3 is 9.88 Å². The third-order valence-electron chi connectivity index (χ3n) is 3.59. The fourth-order valence-electron chi connectivity index (χ4n) is 2.33. The van der Waals surface area contributed by atoms with Crippen LogP contribution in [-0.2, 0) is 0 Å². The van der Waals surface area contributed by atoms with Gasteiger partial charge in [-0.3, -0.25) is 0 Å². The molecular weight excluding hydrogens is 222 g/mol. The number of benzene rings is 1. The maximum absolute atomic E-state index is 4.62. The molecule has 0 radical (unpaired) electrons. The lowest BCUT2D eigenvalue weighted by atomic mass is 10.2. The first-order valence-electron chi connectivity index (χ1n) is 6.80. The average molecular weight is 245 g/mol. The van der Waals surface area contributed by atoms with E-state index >= 15 is 0 Å². The van der Waals surface area contributed by atoms with E-state index in [0.29, 0.717) is 12.1 Å². The number of imidazole rings is 1. The Bertz CT molecular complexity index is 515. The Kier molecular flexibility index (Phi) is 4.02. The summed E-state index contributed by atoms with van der Waals surface area (Å²) in [6.07, 6.45) is 1.16. The van der Waals surface area contributed by atoms with Crippen molar-refractivity contribution in [3.8, 4) is 0 Å². The molecule has 0 amide bonds. The summed E-state index contributed by atoms with van der Waals surface area (Å²) in [5, 5.41) is 3.56. The second-order valence-corrected chi connectivity index (χ2v) is 5.08. The van der Waals surface area contributed by atoms with Crippen LogP contribution in [0.3, 0.4) is 0 Å². The highest BCUT2D eigenvalue weighted by Crippen LogP contribution is 2.20. The summed E-state index contributed by atoms with van der Waals surface area (Å²) in [7, 11) is 0. The lowest BCUT2D eigenvalue weighted by Gasteiger charge is -2.19. The summed E-state index contributed by atoms with van der Waals surface area (Å²) in [6, 6.07) is 9.34. The van der Waals surface area contributed by atoms with E-state index in [1.54, 1.807) is 0 Å². The summed E-state index contributed by atoms with van der Waals surface area (Å²) in [5.41, 5.74) is 2.32. The first-order chi connectivity index (χ1) is 8.63. The van der Waals surface area contributed by atoms with E-state index in [1.807, 2.05) is 6.07 Å². The molecule has 0 aliphatic heterocycles. The van der Waals surface area contributed by atoms with Crippen LogP contribution in [0, 0.1) is 6.92 Å². The van der Waals surface area contributed by atoms with Crippen molar-refractivity contribution in [3.05, 3.63) is 30.1 Å². The van der Waals surface area contributed by atoms with Crippen molar-refractivity contribution in [1.29, 1.82) is 0 Å². The lowest BCUT2D eigenvalue weighted by Crippen LogP contribution is -2.31. The zero-order valence-electron chi connectivity index (χ0n) is 11.8. The van der Waals surface area contributed by atoms with Gasteiger partial charge in [-0.1, -0.05) is 19.1 Å². The van der Waals surface area contributed by atoms with E-state index in [9.17, 15) is 0 Å². The number of hydrogen-bond donors (Lipinski definition) is 1. The van der Waals surface area contributed by atoms with Gasteiger partial charge >= 0.3 is 0 Å². The van der Waals surface area contributed by atoms with Crippen LogP contribution in [0.15, 0.2) is 24.3 Å². The summed E-state index contributed by atoms with van der Waals surface area (Å²) in [5.74, 6) is 1.09. The maximum Gasteiger partial charge on any atom is 0.107 e. The lowest BCUT2D eigenvalue weighted by molar-refractivity contribution is 0.446. The molecule has 18 heavy (non-hydrogen) atoms. The fraction of sp³-hybridized carbons (Fsp3) is 0.533. The number of nitrogens with one attached hydrogen (secondary N) is 1. The van der Waals surface area contributed by atoms with Crippen LogP contribution in [0.4, 0.5) is 0 Å². The van der Waals surface area contributed by atoms with E-state index in [2.05, 4.69) is 60.8 Å². The summed E-state index contributed by atoms with van der Waals surface area (Å²) in [6.45, 7) is 9.75. The minimum Gasteiger partial charge on any atom is -0.324 e. The third-order valence-corrected chi connectivity index (χ3v) is 3.59. The molecule has 3 nitrogen and oxygen atoms in total. The van der Waals surface area contributed by atoms with Gasteiger partial charge in [0.25, 0.3) is 0 Å². The van der Waals surface area contributed by atoms with Crippen LogP contribution in [0.2, 0.25) is 0 Å². The smallest absolute Gasteiger partial charge is 0.107 e. The standard InChI is InChI=1S/C15H23N3/c1-5-11(2)16-10-12(3)18-13(4)17-14-8-6-7-9-15(14)18/h6-9,11-12,16H,5,10H2,1-4H3. The Morgan fingerprint density at radius 3 is 2.72 bits per heavy atom. The number of aromatic nitrogens is 2. The first-order valence-corrected chi connectivity index (χ1v) is 6.80. The second kappa shape index (κ2) is 5.53. The Morgan fingerprint density at radius 1 is 1.28 bits per heavy atom. The molecule has 0 bridgehead atoms. The van der Waals surface area contributed by atoms with E-state index in [0.717, 1.165) is 24.3 Å². The van der Waals surface area contributed by atoms with E-state index in [-0.39, 0.29) is 0 Å². The van der Waals surface area contributed by atoms with Gasteiger partial charge in [0.05, 0.1) is 11.0 Å². The molecule has 2 aromatic rings. The number of rotatable bonds is 5. The van der Waals surface area contributed by atoms with Crippen molar-refractivity contribution in [1.82, 2.24) is 14.9 Å². The molecule has 2 unspecified atom stereocenters. The van der Waals surface area contributed by atoms with Crippen molar-refractivity contribution in [3.63, 3.8) is 0 Å². The molecule has 3 heteroatoms. The summed E-state index contributed by atoms with van der Waals surface area (Å²) < 4.78 is 2.32. The molecule has 1 N–H and O–H groups in total. The van der Waals surface area contributed by atoms with Gasteiger partial charge in [0.15, 0.2) is 0 Å². The minimum absolute atomic E-state index is 0.423. The molecule has 0 fully saturated rings. The Labute approximate surface area is 109 Å². The van der Waals surface area contributed by atoms with Gasteiger partial charge in [0.2, 0.25) is 0 Å². The Morgan fingerprint density at radius 2 is 2.00 bits per heavy atom. The third kappa shape index (κ3) is 2.56. The van der Waals surface area contributed by atoms with Crippen LogP contribution in [0.5, 0.6) is 0 Å². The van der Waals surface area contributed by atoms with Crippen molar-refractivity contribution >= 4 is 11.0 Å². The van der Waals surface area contributed by atoms with Crippen LogP contribution < -0.4 is 5.32 Å². The van der Waals surface area contributed by atoms with Crippen LogP contribution >= 0.6 is 0 Å². The molecule has 2 atom stereocenters. The van der Waals surface area contributed by atoms with Crippen LogP contribution in [0.1, 0.15) is 39.1 Å². The molecule has 0 aliphatic rings. The van der Waals surface area contributed by atoms with Gasteiger partial charge in [-0.15, -0.1) is 0 Å². The topological polar surface area (TPSA) is 29.9 Å². The summed E-state index contributed by atoms with van der Waals surface area (Å²) in [4.78, 5) is 4.62. The molecule has 1 heterocycles. The molecule has 0 saturated heterocycles. The van der Waals surface area contributed by atoms with Gasteiger partial charge in [0.1, 0.15) is 5.82 Å². The monoisotopic (exact) mass is 245 g/mol. The first kappa shape index (κ1) is 13.1. The predicted octanol–water partition coefficient (Wildman–Crippen LogP) is 3.29. The second-order valence-electron chi connectivity index (χ2n) is 5.08. The van der Waals surface area contributed by atoms with Crippen LogP contribution in [-0.4, -0.2) is 22.1 Å². The number of fused-ring (bicyclic) bond motifs is 1. The highest BCUT2D eigenvalue weighted by molar-refractivity contribution is 5.76. The quantitative estimate of drug-likeness (QED) is 0.876. The van der Waals surface area contributed by atoms with Gasteiger partial charge in [-0.05, 0) is 39.3 Å². The van der Waals surface area contributed by atoms with E-state index < -0.39 is 0 Å². The van der Waals surface area contributed by atoms with E-state index in [4.69, 9.17) is 0 Å². The molecule has 2 rings (SSSR count). The Hall–Kier alpha value is -1.35. The number of para-hydroxylation sites is 2. The highest BCUT2D eigenvalue weighted by Gasteiger charge is 2.13. The maximum atomic E-state index is 4.62. The molecule has 1 aromatic carbocycles. The van der Waals surface area contributed by atoms with Gasteiger partial charge in [0, 0.05) is 18.6 Å². The highest BCUT2D eigenvalue weighted by atomic mass is 15.1. The van der Waals surface area contributed by atoms with Gasteiger partial charge in [-0.25, -0.2) is 4.98 Å². The number of hydrogen-bond acceptors (Lipinski definition) is 2. The van der Waals surface area contributed by atoms with Gasteiger partial charge in [-0.2, -0.15) is 0 Å². The molecule has 1 aromatic heterocycles. The predicted molar refractivity (Wildman–Crippen MR) is 76.9 cm³/mol. The zero-order chi connectivity index (χ0) is 13.1. The number of nitrogens with zero attached hydrogens (tertiary/aromatic N) is 2. The van der Waals surface area contributed by atoms with Crippen LogP contribution in [0.25, 0.3) is 11.0 Å². The van der Waals surface area contributed by atoms with Crippen molar-refractivity contribution in [2.75, 3.05) is 6.54 Å². The SMILES string of the molecule is CCC(C)NCC(C)n1c(C)nc2ccccc21. The Balaban J connectivity index is 2.21. The van der Waals surface area contributed by atoms with E-state index in [1.165, 1.54) is 5.52 Å². The molecular formula is C15H23N3. The number of aryl methyl sites for hydroxylation is 1. The fourth-order valence-corrected chi connectivity index (χ4v) is 2.33. The molecule has 98 valence electrons. The van der Waals surface area contributed by atoms with Crippen molar-refractivity contribution in [2.24, 2.45) is 0 Å².